The average molecular weight is 1770 g/mol. The zero-order valence-electron chi connectivity index (χ0n) is 62.0. The molecule has 626 valence electrons. The van der Waals surface area contributed by atoms with Crippen LogP contribution in [0.2, 0.25) is 0 Å². The molecule has 4 aromatic carbocycles. The second kappa shape index (κ2) is 39.2. The highest BCUT2D eigenvalue weighted by molar-refractivity contribution is 9.10. The van der Waals surface area contributed by atoms with Gasteiger partial charge in [-0.1, -0.05) is 15.9 Å². The zero-order valence-corrected chi connectivity index (χ0v) is 65.3. The minimum atomic E-state index is -4.94. The van der Waals surface area contributed by atoms with E-state index in [1.807, 2.05) is 24.4 Å². The molecule has 33 nitrogen and oxygen atoms in total. The van der Waals surface area contributed by atoms with E-state index in [0.717, 1.165) is 120 Å². The van der Waals surface area contributed by atoms with Gasteiger partial charge in [-0.25, -0.2) is 53.5 Å². The quantitative estimate of drug-likeness (QED) is 0.0159. The summed E-state index contributed by atoms with van der Waals surface area (Å²) in [5, 5.41) is 40.4. The predicted molar refractivity (Wildman–Crippen MR) is 411 cm³/mol. The number of anilines is 7. The molecule has 2 aliphatic heterocycles. The third-order valence-electron chi connectivity index (χ3n) is 16.3. The number of hydrogen-bond donors (Lipinski definition) is 7. The number of nitrogens with one attached hydrogen (secondary N) is 4. The zero-order chi connectivity index (χ0) is 86.0. The van der Waals surface area contributed by atoms with Gasteiger partial charge in [0, 0.05) is 82.6 Å². The van der Waals surface area contributed by atoms with Crippen molar-refractivity contribution >= 4 is 164 Å². The van der Waals surface area contributed by atoms with E-state index in [4.69, 9.17) is 37.9 Å². The summed E-state index contributed by atoms with van der Waals surface area (Å²) in [5.41, 5.74) is 4.56. The van der Waals surface area contributed by atoms with E-state index in [0.29, 0.717) is 5.69 Å². The second-order valence-corrected chi connectivity index (χ2v) is 26.6. The third-order valence-corrected chi connectivity index (χ3v) is 18.3. The van der Waals surface area contributed by atoms with Crippen LogP contribution in [0.3, 0.4) is 0 Å². The third kappa shape index (κ3) is 23.2. The fourth-order valence-corrected chi connectivity index (χ4v) is 13.1. The highest BCUT2D eigenvalue weighted by Gasteiger charge is 2.36. The maximum Gasteiger partial charge on any atom is 0.573 e. The van der Waals surface area contributed by atoms with E-state index in [9.17, 15) is 83.3 Å². The Bertz CT molecular complexity index is 5430. The number of aliphatic imine (C=N–C) groups is 1. The highest BCUT2D eigenvalue weighted by Crippen LogP contribution is 2.43. The molecule has 2 atom stereocenters. The summed E-state index contributed by atoms with van der Waals surface area (Å²) in [5.74, 6) is -8.51. The largest absolute Gasteiger partial charge is 0.573 e. The standard InChI is InChI=1S/C21H23BrN4O4.C19H16F3N3O5S.C17H12F3N3O6.C17H12F3N3O5S/c1-29-18-5-4-17(20(25-18)21(27)28)24-19-13(12-26-6-8-30-9-7-26)11-23-16-3-2-14(22)10-15(16)19;1-3-28-17(26)12-8-23-13-6-5-10(30-19(20,21)22)7-11(13)14(12)25-16-15(24-9-31-16)18(27)29-4-2;1-2-27-16(26)10-6-21-11-4-3-8(29-17(18,19)20)5-9(11)12(10)23-14-13(15(24)25)22-7-28-14;1-2-27-16(26)10-6-21-11-4-3-8(28-17(18,19)20)5-9(11)12(10)23-14-13(15(24)25)22-7-29-14/h2-5,10-11,13,19,24H,6-9,12H2,1H3,(H,27,28);5-9H,3-4H2,1-2H3,(H,23,25);2*3-7H,2H2,1H3,(H,21,23)(H,24,25). The van der Waals surface area contributed by atoms with Crippen molar-refractivity contribution in [1.82, 2.24) is 39.8 Å². The molecular formula is C74H63BrF9N13O20S2. The second-order valence-electron chi connectivity index (χ2n) is 24.0. The number of carbonyl (C=O) groups is 7. The van der Waals surface area contributed by atoms with Crippen LogP contribution in [0, 0.1) is 5.92 Å². The number of methoxy groups -OCH3 is 1. The summed E-state index contributed by atoms with van der Waals surface area (Å²) in [7, 11) is 1.46. The Labute approximate surface area is 680 Å². The lowest BCUT2D eigenvalue weighted by molar-refractivity contribution is -0.275. The van der Waals surface area contributed by atoms with Gasteiger partial charge in [0.25, 0.3) is 0 Å². The molecule has 119 heavy (non-hydrogen) atoms. The lowest BCUT2D eigenvalue weighted by atomic mass is 9.89. The number of carbonyl (C=O) groups excluding carboxylic acids is 4. The molecule has 11 aromatic rings. The first-order valence-electron chi connectivity index (χ1n) is 34.7. The number of alkyl halides is 9. The fraction of sp³-hybridized carbons (Fsp3) is 0.257. The van der Waals surface area contributed by atoms with Crippen molar-refractivity contribution in [2.45, 2.75) is 52.8 Å². The van der Waals surface area contributed by atoms with Crippen molar-refractivity contribution in [1.29, 1.82) is 0 Å². The van der Waals surface area contributed by atoms with Crippen LogP contribution in [-0.4, -0.2) is 189 Å². The van der Waals surface area contributed by atoms with Crippen LogP contribution >= 0.6 is 38.6 Å². The average Bonchev–Trinajstić information content (AvgIpc) is 1.45. The monoisotopic (exact) mass is 1770 g/mol. The lowest BCUT2D eigenvalue weighted by Gasteiger charge is -2.35. The van der Waals surface area contributed by atoms with Gasteiger partial charge in [0.15, 0.2) is 23.5 Å². The predicted octanol–water partition coefficient (Wildman–Crippen LogP) is 16.0. The highest BCUT2D eigenvalue weighted by atomic mass is 79.9. The Balaban J connectivity index is 0.000000167. The number of hydrogen-bond acceptors (Lipinski definition) is 32. The number of thiazole rings is 2. The molecule has 1 saturated heterocycles. The number of benzene rings is 4. The van der Waals surface area contributed by atoms with Gasteiger partial charge < -0.3 is 83.6 Å². The number of nitrogens with zero attached hydrogens (tertiary/aromatic N) is 9. The number of fused-ring (bicyclic) bond motifs is 4. The molecule has 9 heterocycles. The molecule has 2 aliphatic rings. The van der Waals surface area contributed by atoms with Crippen LogP contribution < -0.4 is 40.2 Å². The molecule has 0 radical (unpaired) electrons. The molecule has 0 aliphatic carbocycles. The first kappa shape index (κ1) is 88.2. The van der Waals surface area contributed by atoms with Crippen molar-refractivity contribution in [3.63, 3.8) is 0 Å². The Hall–Kier alpha value is -13.1. The molecule has 0 bridgehead atoms. The first-order chi connectivity index (χ1) is 56.7. The van der Waals surface area contributed by atoms with Crippen LogP contribution in [-0.2, 0) is 23.7 Å². The van der Waals surface area contributed by atoms with Crippen LogP contribution in [0.5, 0.6) is 23.1 Å². The SMILES string of the molecule is CCOC(=O)c1cnc2ccc(OC(F)(F)F)cc2c1Nc1ocnc1C(=O)O.CCOC(=O)c1cnc2ccc(OC(F)(F)F)cc2c1Nc1scnc1C(=O)O.CCOC(=O)c1cnc2ccc(OC(F)(F)F)cc2c1Nc1scnc1C(=O)OCC.COc1ccc(NC2c3cc(Br)ccc3N=CC2CN2CCOCC2)c(C(=O)O)n1. The van der Waals surface area contributed by atoms with E-state index < -0.39 is 83.8 Å². The summed E-state index contributed by atoms with van der Waals surface area (Å²) >= 11 is 5.54. The Morgan fingerprint density at radius 2 is 0.983 bits per heavy atom. The summed E-state index contributed by atoms with van der Waals surface area (Å²) in [4.78, 5) is 118. The van der Waals surface area contributed by atoms with E-state index >= 15 is 0 Å². The topological polar surface area (TPSA) is 430 Å². The number of rotatable bonds is 25. The van der Waals surface area contributed by atoms with Crippen LogP contribution in [0.4, 0.5) is 83.8 Å². The van der Waals surface area contributed by atoms with Crippen molar-refractivity contribution in [3.05, 3.63) is 170 Å². The molecule has 1 fully saturated rings. The van der Waals surface area contributed by atoms with E-state index in [-0.39, 0.29) is 144 Å². The maximum absolute atomic E-state index is 12.7. The molecule has 0 spiro atoms. The number of pyridine rings is 4. The number of aromatic carboxylic acids is 3. The molecule has 13 rings (SSSR count). The molecule has 45 heteroatoms. The van der Waals surface area contributed by atoms with Gasteiger partial charge >= 0.3 is 60.9 Å². The molecule has 2 unspecified atom stereocenters. The molecular weight excluding hydrogens is 1710 g/mol. The molecule has 7 N–H and O–H groups in total. The molecule has 0 amide bonds. The van der Waals surface area contributed by atoms with E-state index in [1.54, 1.807) is 39.8 Å². The number of halogens is 10. The van der Waals surface area contributed by atoms with Crippen molar-refractivity contribution in [2.75, 3.05) is 87.7 Å². The van der Waals surface area contributed by atoms with Crippen LogP contribution in [0.1, 0.15) is 112 Å². The fourth-order valence-electron chi connectivity index (χ4n) is 11.4. The number of esters is 4. The summed E-state index contributed by atoms with van der Waals surface area (Å²) in [6, 6.07) is 19.3. The maximum atomic E-state index is 12.7. The number of ether oxygens (including phenoxy) is 9. The van der Waals surface area contributed by atoms with Crippen molar-refractivity contribution in [2.24, 2.45) is 10.9 Å². The lowest BCUT2D eigenvalue weighted by Crippen LogP contribution is -2.42. The van der Waals surface area contributed by atoms with E-state index in [1.165, 1.54) is 48.7 Å². The van der Waals surface area contributed by atoms with Crippen molar-refractivity contribution in [3.8, 4) is 23.1 Å². The molecule has 7 aromatic heterocycles. The summed E-state index contributed by atoms with van der Waals surface area (Å²) in [6.07, 6.45) is -8.37. The molecule has 0 saturated carbocycles. The Morgan fingerprint density at radius 1 is 0.538 bits per heavy atom. The van der Waals surface area contributed by atoms with Gasteiger partial charge in [-0.05, 0) is 107 Å². The van der Waals surface area contributed by atoms with Gasteiger partial charge in [0.2, 0.25) is 17.5 Å². The van der Waals surface area contributed by atoms with Gasteiger partial charge in [-0.3, -0.25) is 24.8 Å². The minimum Gasteiger partial charge on any atom is -0.481 e. The summed E-state index contributed by atoms with van der Waals surface area (Å²) in [6.45, 7) is 10.6. The van der Waals surface area contributed by atoms with Crippen LogP contribution in [0.15, 0.2) is 135 Å². The van der Waals surface area contributed by atoms with Crippen LogP contribution in [0.25, 0.3) is 32.7 Å². The van der Waals surface area contributed by atoms with Crippen molar-refractivity contribution < 1.29 is 135 Å². The smallest absolute Gasteiger partial charge is 0.481 e. The number of morpholine rings is 1. The summed E-state index contributed by atoms with van der Waals surface area (Å²) < 4.78 is 162. The first-order valence-corrected chi connectivity index (χ1v) is 37.2. The van der Waals surface area contributed by atoms with Gasteiger partial charge in [-0.2, -0.15) is 0 Å². The minimum absolute atomic E-state index is 0.0211. The Morgan fingerprint density at radius 3 is 1.43 bits per heavy atom. The number of carboxylic acid groups (broad SMARTS) is 3. The van der Waals surface area contributed by atoms with Gasteiger partial charge in [0.05, 0.1) is 109 Å². The van der Waals surface area contributed by atoms with Gasteiger partial charge in [0.1, 0.15) is 43.9 Å². The number of aromatic nitrogens is 7. The number of oxazole rings is 1. The number of carboxylic acids is 3. The normalized spacial score (nSPS) is 13.8. The van der Waals surface area contributed by atoms with E-state index in [2.05, 4.69) is 96.2 Å². The Kier molecular flexibility index (Phi) is 29.1. The van der Waals surface area contributed by atoms with Gasteiger partial charge in [-0.15, -0.1) is 62.2 Å².